The van der Waals surface area contributed by atoms with Gasteiger partial charge in [-0.05, 0) is 56.2 Å². The third-order valence-electron chi connectivity index (χ3n) is 4.33. The molecule has 7 nitrogen and oxygen atoms in total. The number of anilines is 2. The number of hydrogen-bond acceptors (Lipinski definition) is 4. The molecule has 2 N–H and O–H groups in total. The first-order valence-corrected chi connectivity index (χ1v) is 9.47. The van der Waals surface area contributed by atoms with Crippen LogP contribution in [-0.2, 0) is 11.3 Å². The summed E-state index contributed by atoms with van der Waals surface area (Å²) >= 11 is 3.43. The van der Waals surface area contributed by atoms with Gasteiger partial charge < -0.3 is 10.6 Å². The van der Waals surface area contributed by atoms with Crippen LogP contribution in [0.4, 0.5) is 11.4 Å². The summed E-state index contributed by atoms with van der Waals surface area (Å²) in [4.78, 5) is 24.8. The van der Waals surface area contributed by atoms with Gasteiger partial charge in [0.1, 0.15) is 6.54 Å². The number of hydrogen-bond donors (Lipinski definition) is 2. The van der Waals surface area contributed by atoms with Crippen LogP contribution in [0.25, 0.3) is 0 Å². The molecule has 3 rings (SSSR count). The van der Waals surface area contributed by atoms with Gasteiger partial charge in [-0.1, -0.05) is 39.3 Å². The van der Waals surface area contributed by atoms with E-state index >= 15 is 0 Å². The monoisotopic (exact) mass is 441 g/mol. The summed E-state index contributed by atoms with van der Waals surface area (Å²) in [6, 6.07) is 13.0. The zero-order chi connectivity index (χ0) is 20.3. The Bertz CT molecular complexity index is 1040. The molecule has 28 heavy (non-hydrogen) atoms. The number of para-hydroxylation sites is 1. The van der Waals surface area contributed by atoms with Crippen molar-refractivity contribution in [1.29, 1.82) is 0 Å². The van der Waals surface area contributed by atoms with Crippen LogP contribution < -0.4 is 10.6 Å². The van der Waals surface area contributed by atoms with Crippen LogP contribution in [0.3, 0.4) is 0 Å². The summed E-state index contributed by atoms with van der Waals surface area (Å²) in [5.74, 6) is -0.609. The summed E-state index contributed by atoms with van der Waals surface area (Å²) in [6.45, 7) is 5.54. The Morgan fingerprint density at radius 1 is 1.04 bits per heavy atom. The number of aryl methyl sites for hydroxylation is 2. The topological polar surface area (TPSA) is 88.9 Å². The lowest BCUT2D eigenvalue weighted by Crippen LogP contribution is -2.21. The molecule has 0 aliphatic heterocycles. The van der Waals surface area contributed by atoms with Gasteiger partial charge >= 0.3 is 0 Å². The van der Waals surface area contributed by atoms with Crippen molar-refractivity contribution in [3.63, 3.8) is 0 Å². The molecule has 0 atom stereocenters. The summed E-state index contributed by atoms with van der Waals surface area (Å²) in [6.07, 6.45) is 0. The van der Waals surface area contributed by atoms with Crippen molar-refractivity contribution in [2.75, 3.05) is 10.6 Å². The van der Waals surface area contributed by atoms with Crippen molar-refractivity contribution in [2.45, 2.75) is 27.3 Å². The van der Waals surface area contributed by atoms with Gasteiger partial charge in [0, 0.05) is 15.8 Å². The van der Waals surface area contributed by atoms with E-state index in [4.69, 9.17) is 0 Å². The number of aromatic nitrogens is 3. The van der Waals surface area contributed by atoms with E-state index in [2.05, 4.69) is 36.9 Å². The molecule has 0 bridgehead atoms. The van der Waals surface area contributed by atoms with Gasteiger partial charge in [0.05, 0.1) is 5.69 Å². The number of nitrogens with one attached hydrogen (secondary N) is 2. The summed E-state index contributed by atoms with van der Waals surface area (Å²) < 4.78 is 2.38. The largest absolute Gasteiger partial charge is 0.324 e. The van der Waals surface area contributed by atoms with E-state index in [1.807, 2.05) is 50.2 Å². The highest BCUT2D eigenvalue weighted by Crippen LogP contribution is 2.20. The van der Waals surface area contributed by atoms with E-state index in [0.717, 1.165) is 21.3 Å². The van der Waals surface area contributed by atoms with Gasteiger partial charge in [-0.3, -0.25) is 9.59 Å². The molecule has 8 heteroatoms. The molecule has 0 aliphatic carbocycles. The first-order valence-electron chi connectivity index (χ1n) is 8.68. The maximum Gasteiger partial charge on any atom is 0.278 e. The molecule has 0 spiro atoms. The number of carbonyl (C=O) groups is 2. The fraction of sp³-hybridized carbons (Fsp3) is 0.200. The second-order valence-corrected chi connectivity index (χ2v) is 7.32. The zero-order valence-corrected chi connectivity index (χ0v) is 17.4. The molecular weight excluding hydrogens is 422 g/mol. The van der Waals surface area contributed by atoms with Crippen LogP contribution in [-0.4, -0.2) is 26.8 Å². The van der Waals surface area contributed by atoms with Crippen LogP contribution >= 0.6 is 15.9 Å². The summed E-state index contributed by atoms with van der Waals surface area (Å²) in [5.41, 5.74) is 4.09. The highest BCUT2D eigenvalue weighted by Gasteiger charge is 2.18. The minimum absolute atomic E-state index is 0.0299. The van der Waals surface area contributed by atoms with Crippen molar-refractivity contribution in [3.05, 3.63) is 69.5 Å². The molecule has 1 aromatic heterocycles. The molecule has 0 saturated heterocycles. The van der Waals surface area contributed by atoms with Gasteiger partial charge in [0.15, 0.2) is 5.69 Å². The van der Waals surface area contributed by atoms with Crippen molar-refractivity contribution in [1.82, 2.24) is 15.0 Å². The average molecular weight is 442 g/mol. The van der Waals surface area contributed by atoms with Gasteiger partial charge in [-0.2, -0.15) is 0 Å². The molecule has 0 radical (unpaired) electrons. The number of rotatable bonds is 5. The normalized spacial score (nSPS) is 10.6. The van der Waals surface area contributed by atoms with Crippen molar-refractivity contribution >= 4 is 39.1 Å². The maximum absolute atomic E-state index is 12.5. The number of benzene rings is 2. The highest BCUT2D eigenvalue weighted by atomic mass is 79.9. The molecule has 144 valence electrons. The van der Waals surface area contributed by atoms with Gasteiger partial charge in [0.25, 0.3) is 5.91 Å². The minimum Gasteiger partial charge on any atom is -0.324 e. The maximum atomic E-state index is 12.5. The van der Waals surface area contributed by atoms with Crippen LogP contribution in [0.2, 0.25) is 0 Å². The second kappa shape index (κ2) is 8.35. The third-order valence-corrected chi connectivity index (χ3v) is 5.22. The van der Waals surface area contributed by atoms with E-state index < -0.39 is 0 Å². The highest BCUT2D eigenvalue weighted by molar-refractivity contribution is 9.10. The predicted molar refractivity (Wildman–Crippen MR) is 111 cm³/mol. The van der Waals surface area contributed by atoms with E-state index in [1.165, 1.54) is 4.68 Å². The van der Waals surface area contributed by atoms with Crippen LogP contribution in [0.15, 0.2) is 46.9 Å². The smallest absolute Gasteiger partial charge is 0.278 e. The minimum atomic E-state index is -0.371. The van der Waals surface area contributed by atoms with Crippen molar-refractivity contribution in [2.24, 2.45) is 0 Å². The fourth-order valence-corrected chi connectivity index (χ4v) is 2.92. The quantitative estimate of drug-likeness (QED) is 0.628. The molecule has 3 aromatic rings. The number of amides is 2. The van der Waals surface area contributed by atoms with E-state index in [-0.39, 0.29) is 24.1 Å². The van der Waals surface area contributed by atoms with Crippen molar-refractivity contribution in [3.8, 4) is 0 Å². The Balaban J connectivity index is 1.69. The fourth-order valence-electron chi connectivity index (χ4n) is 2.67. The SMILES string of the molecule is Cc1cc(NC(=O)c2nnn(CC(=O)Nc3ccccc3C)c2C)ccc1Br. The lowest BCUT2D eigenvalue weighted by molar-refractivity contribution is -0.117. The van der Waals surface area contributed by atoms with E-state index in [9.17, 15) is 9.59 Å². The molecule has 2 aromatic carbocycles. The molecule has 0 unspecified atom stereocenters. The Hall–Kier alpha value is -3.00. The van der Waals surface area contributed by atoms with Gasteiger partial charge in [-0.25, -0.2) is 4.68 Å². The molecule has 2 amide bonds. The number of nitrogens with zero attached hydrogens (tertiary/aromatic N) is 3. The van der Waals surface area contributed by atoms with Gasteiger partial charge in [-0.15, -0.1) is 5.10 Å². The van der Waals surface area contributed by atoms with Crippen LogP contribution in [0, 0.1) is 20.8 Å². The molecule has 0 fully saturated rings. The first kappa shape index (κ1) is 19.8. The van der Waals surface area contributed by atoms with Crippen LogP contribution in [0.5, 0.6) is 0 Å². The lowest BCUT2D eigenvalue weighted by Gasteiger charge is -2.09. The van der Waals surface area contributed by atoms with E-state index in [1.54, 1.807) is 13.0 Å². The molecular formula is C20H20BrN5O2. The molecule has 1 heterocycles. The summed E-state index contributed by atoms with van der Waals surface area (Å²) in [5, 5.41) is 13.5. The summed E-state index contributed by atoms with van der Waals surface area (Å²) in [7, 11) is 0. The Morgan fingerprint density at radius 3 is 2.50 bits per heavy atom. The number of carbonyl (C=O) groups excluding carboxylic acids is 2. The Morgan fingerprint density at radius 2 is 1.79 bits per heavy atom. The third kappa shape index (κ3) is 4.45. The predicted octanol–water partition coefficient (Wildman–Crippen LogP) is 3.86. The Kier molecular flexibility index (Phi) is 5.89. The van der Waals surface area contributed by atoms with Crippen LogP contribution in [0.1, 0.15) is 27.3 Å². The molecule has 0 saturated carbocycles. The first-order chi connectivity index (χ1) is 13.3. The van der Waals surface area contributed by atoms with E-state index in [0.29, 0.717) is 11.4 Å². The van der Waals surface area contributed by atoms with Gasteiger partial charge in [0.2, 0.25) is 5.91 Å². The lowest BCUT2D eigenvalue weighted by atomic mass is 10.2. The van der Waals surface area contributed by atoms with Crippen molar-refractivity contribution < 1.29 is 9.59 Å². The average Bonchev–Trinajstić information content (AvgIpc) is 3.01. The number of halogens is 1. The molecule has 0 aliphatic rings. The zero-order valence-electron chi connectivity index (χ0n) is 15.8. The second-order valence-electron chi connectivity index (χ2n) is 6.46. The Labute approximate surface area is 171 Å². The standard InChI is InChI=1S/C20H20BrN5O2/c1-12-6-4-5-7-17(12)23-18(27)11-26-14(3)19(24-25-26)20(28)22-15-8-9-16(21)13(2)10-15/h4-10H,11H2,1-3H3,(H,22,28)(H,23,27).